The fourth-order valence-electron chi connectivity index (χ4n) is 3.96. The van der Waals surface area contributed by atoms with Crippen LogP contribution in [0.1, 0.15) is 58.1 Å². The number of amides is 2. The maximum absolute atomic E-state index is 12.7. The number of rotatable bonds is 5. The largest absolute Gasteiger partial charge is 0.416 e. The average Bonchev–Trinajstić information content (AvgIpc) is 3.33. The lowest BCUT2D eigenvalue weighted by Gasteiger charge is -2.26. The van der Waals surface area contributed by atoms with E-state index in [0.717, 1.165) is 30.5 Å². The van der Waals surface area contributed by atoms with Crippen LogP contribution in [0, 0.1) is 12.3 Å². The summed E-state index contributed by atoms with van der Waals surface area (Å²) in [6.07, 6.45) is 3.75. The van der Waals surface area contributed by atoms with Crippen LogP contribution >= 0.6 is 11.6 Å². The molecule has 0 saturated carbocycles. The number of hydrogen-bond acceptors (Lipinski definition) is 4. The van der Waals surface area contributed by atoms with Crippen molar-refractivity contribution in [2.45, 2.75) is 46.0 Å². The first-order valence-corrected chi connectivity index (χ1v) is 12.4. The van der Waals surface area contributed by atoms with Gasteiger partial charge in [-0.15, -0.1) is 6.42 Å². The van der Waals surface area contributed by atoms with Gasteiger partial charge in [0.2, 0.25) is 0 Å². The molecule has 1 aromatic heterocycles. The summed E-state index contributed by atoms with van der Waals surface area (Å²) in [5.41, 5.74) is 1.07. The zero-order valence-corrected chi connectivity index (χ0v) is 22.1. The number of nitrogens with one attached hydrogen (secondary N) is 1. The second-order valence-corrected chi connectivity index (χ2v) is 9.13. The zero-order valence-electron chi connectivity index (χ0n) is 21.3. The molecule has 2 aromatic carbocycles. The lowest BCUT2D eigenvalue weighted by molar-refractivity contribution is -0.137. The summed E-state index contributed by atoms with van der Waals surface area (Å²) in [6, 6.07) is 9.35. The molecule has 0 unspecified atom stereocenters. The monoisotopic (exact) mass is 558 g/mol. The summed E-state index contributed by atoms with van der Waals surface area (Å²) in [5.74, 6) is 1.96. The van der Waals surface area contributed by atoms with Crippen LogP contribution in [0.2, 0.25) is 5.02 Å². The Kier molecular flexibility index (Phi) is 9.54. The van der Waals surface area contributed by atoms with E-state index < -0.39 is 17.6 Å². The van der Waals surface area contributed by atoms with Gasteiger partial charge < -0.3 is 14.8 Å². The maximum Gasteiger partial charge on any atom is 0.416 e. The van der Waals surface area contributed by atoms with Gasteiger partial charge in [0, 0.05) is 36.3 Å². The van der Waals surface area contributed by atoms with Crippen LogP contribution in [0.4, 0.5) is 18.9 Å². The van der Waals surface area contributed by atoms with Gasteiger partial charge in [-0.1, -0.05) is 31.0 Å². The molecule has 0 fully saturated rings. The second kappa shape index (κ2) is 12.6. The van der Waals surface area contributed by atoms with E-state index in [0.29, 0.717) is 41.7 Å². The van der Waals surface area contributed by atoms with E-state index in [9.17, 15) is 27.6 Å². The van der Waals surface area contributed by atoms with E-state index in [4.69, 9.17) is 18.0 Å². The average molecular weight is 559 g/mol. The summed E-state index contributed by atoms with van der Waals surface area (Å²) in [4.78, 5) is 40.5. The Morgan fingerprint density at radius 2 is 1.90 bits per heavy atom. The molecule has 204 valence electrons. The topological polar surface area (TPSA) is 84.3 Å². The normalized spacial score (nSPS) is 12.5. The molecular weight excluding hydrogens is 533 g/mol. The number of aromatic nitrogens is 2. The predicted molar refractivity (Wildman–Crippen MR) is 141 cm³/mol. The number of terminal acetylenes is 1. The molecule has 3 aromatic rings. The van der Waals surface area contributed by atoms with E-state index in [2.05, 4.69) is 16.2 Å². The summed E-state index contributed by atoms with van der Waals surface area (Å²) >= 11 is 6.05. The van der Waals surface area contributed by atoms with E-state index in [-0.39, 0.29) is 17.4 Å². The number of alkyl halides is 3. The molecule has 1 aliphatic heterocycles. The minimum atomic E-state index is -4.45. The SMILES string of the molecule is C#CC(=O)N1CCn2c(C(C)=O)cnc2C1.CCCc1cc(C(=O)Nc2cccc(C(F)(F)F)c2)ccc1Cl. The molecule has 2 amide bonds. The van der Waals surface area contributed by atoms with Gasteiger partial charge in [-0.2, -0.15) is 13.2 Å². The molecule has 4 rings (SSSR count). The number of anilines is 1. The highest BCUT2D eigenvalue weighted by Crippen LogP contribution is 2.31. The maximum atomic E-state index is 12.7. The van der Waals surface area contributed by atoms with Gasteiger partial charge in [0.25, 0.3) is 11.8 Å². The number of imidazole rings is 1. The Labute approximate surface area is 229 Å². The van der Waals surface area contributed by atoms with Gasteiger partial charge in [-0.05, 0) is 54.3 Å². The first-order chi connectivity index (χ1) is 18.4. The zero-order chi connectivity index (χ0) is 28.7. The summed E-state index contributed by atoms with van der Waals surface area (Å²) < 4.78 is 39.9. The Morgan fingerprint density at radius 1 is 1.15 bits per heavy atom. The lowest BCUT2D eigenvalue weighted by atomic mass is 10.1. The van der Waals surface area contributed by atoms with Gasteiger partial charge >= 0.3 is 6.18 Å². The van der Waals surface area contributed by atoms with Crippen molar-refractivity contribution in [1.29, 1.82) is 0 Å². The Morgan fingerprint density at radius 3 is 2.54 bits per heavy atom. The van der Waals surface area contributed by atoms with Crippen LogP contribution in [-0.4, -0.2) is 38.6 Å². The van der Waals surface area contributed by atoms with Crippen LogP contribution in [0.25, 0.3) is 0 Å². The molecule has 0 radical (unpaired) electrons. The van der Waals surface area contributed by atoms with Crippen LogP contribution in [0.3, 0.4) is 0 Å². The molecule has 1 aliphatic rings. The molecule has 1 N–H and O–H groups in total. The first-order valence-electron chi connectivity index (χ1n) is 12.0. The number of Topliss-reactive ketones (excluding diaryl/α,β-unsaturated/α-hetero) is 1. The smallest absolute Gasteiger partial charge is 0.323 e. The Hall–Kier alpha value is -4.10. The van der Waals surface area contributed by atoms with Crippen molar-refractivity contribution in [3.05, 3.63) is 81.9 Å². The van der Waals surface area contributed by atoms with E-state index in [1.807, 2.05) is 11.5 Å². The minimum Gasteiger partial charge on any atom is -0.323 e. The number of benzene rings is 2. The molecule has 7 nitrogen and oxygen atoms in total. The molecular formula is C28H26ClF3N4O3. The van der Waals surface area contributed by atoms with E-state index >= 15 is 0 Å². The number of halogens is 4. The molecule has 11 heteroatoms. The standard InChI is InChI=1S/C17H15ClF3NO.C11H11N3O2/c1-2-4-11-9-12(7-8-15(11)18)16(23)22-14-6-3-5-13(10-14)17(19,20)21;1-3-11(16)13-4-5-14-9(8(2)15)6-12-10(14)7-13/h3,5-10H,2,4H2,1H3,(H,22,23);1,6H,4-5,7H2,2H3. The van der Waals surface area contributed by atoms with E-state index in [1.165, 1.54) is 19.1 Å². The molecule has 0 saturated heterocycles. The molecule has 0 bridgehead atoms. The first kappa shape index (κ1) is 29.5. The molecule has 0 atom stereocenters. The van der Waals surface area contributed by atoms with Crippen molar-refractivity contribution < 1.29 is 27.6 Å². The predicted octanol–water partition coefficient (Wildman–Crippen LogP) is 5.62. The molecule has 39 heavy (non-hydrogen) atoms. The quantitative estimate of drug-likeness (QED) is 0.325. The number of ketones is 1. The van der Waals surface area contributed by atoms with Gasteiger partial charge in [0.1, 0.15) is 11.5 Å². The fraction of sp³-hybridized carbons (Fsp3) is 0.286. The third-order valence-electron chi connectivity index (χ3n) is 5.91. The van der Waals surface area contributed by atoms with Crippen LogP contribution in [-0.2, 0) is 30.5 Å². The summed E-state index contributed by atoms with van der Waals surface area (Å²) in [6.45, 7) is 4.95. The van der Waals surface area contributed by atoms with Crippen molar-refractivity contribution in [3.63, 3.8) is 0 Å². The lowest BCUT2D eigenvalue weighted by Crippen LogP contribution is -2.38. The second-order valence-electron chi connectivity index (χ2n) is 8.73. The summed E-state index contributed by atoms with van der Waals surface area (Å²) in [7, 11) is 0. The number of aryl methyl sites for hydroxylation is 1. The van der Waals surface area contributed by atoms with Crippen molar-refractivity contribution in [2.75, 3.05) is 11.9 Å². The van der Waals surface area contributed by atoms with E-state index in [1.54, 1.807) is 29.3 Å². The van der Waals surface area contributed by atoms with Gasteiger partial charge in [-0.25, -0.2) is 4.98 Å². The van der Waals surface area contributed by atoms with Crippen molar-refractivity contribution in [3.8, 4) is 12.3 Å². The van der Waals surface area contributed by atoms with Crippen LogP contribution in [0.5, 0.6) is 0 Å². The highest BCUT2D eigenvalue weighted by atomic mass is 35.5. The number of carbonyl (C=O) groups excluding carboxylic acids is 3. The molecule has 0 spiro atoms. The van der Waals surface area contributed by atoms with Crippen molar-refractivity contribution >= 4 is 34.9 Å². The Balaban J connectivity index is 0.000000230. The highest BCUT2D eigenvalue weighted by Gasteiger charge is 2.30. The third-order valence-corrected chi connectivity index (χ3v) is 6.28. The third kappa shape index (κ3) is 7.48. The highest BCUT2D eigenvalue weighted by molar-refractivity contribution is 6.31. The number of carbonyl (C=O) groups is 3. The number of nitrogens with zero attached hydrogens (tertiary/aromatic N) is 3. The number of hydrogen-bond donors (Lipinski definition) is 1. The van der Waals surface area contributed by atoms with Crippen molar-refractivity contribution in [2.24, 2.45) is 0 Å². The minimum absolute atomic E-state index is 0.0181. The summed E-state index contributed by atoms with van der Waals surface area (Å²) in [5, 5.41) is 3.05. The van der Waals surface area contributed by atoms with Gasteiger partial charge in [-0.3, -0.25) is 14.4 Å². The van der Waals surface area contributed by atoms with Gasteiger partial charge in [0.15, 0.2) is 5.78 Å². The Bertz CT molecular complexity index is 1430. The molecule has 0 aliphatic carbocycles. The van der Waals surface area contributed by atoms with Crippen LogP contribution < -0.4 is 5.32 Å². The molecule has 2 heterocycles. The van der Waals surface area contributed by atoms with Crippen molar-refractivity contribution in [1.82, 2.24) is 14.5 Å². The van der Waals surface area contributed by atoms with Gasteiger partial charge in [0.05, 0.1) is 18.3 Å². The van der Waals surface area contributed by atoms with Crippen LogP contribution in [0.15, 0.2) is 48.7 Å². The fourth-order valence-corrected chi connectivity index (χ4v) is 4.17. The number of fused-ring (bicyclic) bond motifs is 1.